The molecule has 1 unspecified atom stereocenters. The highest BCUT2D eigenvalue weighted by atomic mass is 19.1. The molecule has 1 aliphatic heterocycles. The monoisotopic (exact) mass is 374 g/mol. The summed E-state index contributed by atoms with van der Waals surface area (Å²) in [6, 6.07) is 10.4. The van der Waals surface area contributed by atoms with Crippen LogP contribution in [0.3, 0.4) is 0 Å². The van der Waals surface area contributed by atoms with Gasteiger partial charge in [-0.1, -0.05) is 12.1 Å². The molecule has 1 saturated heterocycles. The van der Waals surface area contributed by atoms with E-state index in [0.29, 0.717) is 5.56 Å². The highest BCUT2D eigenvalue weighted by Crippen LogP contribution is 2.18. The Morgan fingerprint density at radius 1 is 1.19 bits per heavy atom. The van der Waals surface area contributed by atoms with Crippen LogP contribution in [0.4, 0.5) is 8.78 Å². The predicted molar refractivity (Wildman–Crippen MR) is 99.7 cm³/mol. The van der Waals surface area contributed by atoms with Gasteiger partial charge in [0.1, 0.15) is 12.4 Å². The van der Waals surface area contributed by atoms with Crippen LogP contribution in [0.2, 0.25) is 0 Å². The summed E-state index contributed by atoms with van der Waals surface area (Å²) in [5.41, 5.74) is 1.70. The highest BCUT2D eigenvalue weighted by molar-refractivity contribution is 5.94. The normalized spacial score (nSPS) is 15.5. The van der Waals surface area contributed by atoms with E-state index in [0.717, 1.165) is 37.3 Å². The second-order valence-corrected chi connectivity index (χ2v) is 6.94. The van der Waals surface area contributed by atoms with Crippen LogP contribution in [-0.2, 0) is 6.54 Å². The minimum absolute atomic E-state index is 0.0369. The summed E-state index contributed by atoms with van der Waals surface area (Å²) < 4.78 is 31.8. The molecular formula is C21H24F2N2O2. The minimum Gasteiger partial charge on any atom is -0.488 e. The van der Waals surface area contributed by atoms with Crippen molar-refractivity contribution in [3.8, 4) is 5.75 Å². The van der Waals surface area contributed by atoms with E-state index in [-0.39, 0.29) is 24.3 Å². The van der Waals surface area contributed by atoms with Gasteiger partial charge in [0.05, 0.1) is 6.04 Å². The molecule has 1 heterocycles. The average Bonchev–Trinajstić information content (AvgIpc) is 3.14. The first-order chi connectivity index (χ1) is 13.0. The summed E-state index contributed by atoms with van der Waals surface area (Å²) in [5, 5.41) is 2.84. The van der Waals surface area contributed by atoms with Gasteiger partial charge in [0.15, 0.2) is 11.6 Å². The second-order valence-electron chi connectivity index (χ2n) is 6.94. The maximum atomic E-state index is 13.6. The Morgan fingerprint density at radius 3 is 2.70 bits per heavy atom. The molecule has 27 heavy (non-hydrogen) atoms. The number of carbonyl (C=O) groups is 1. The van der Waals surface area contributed by atoms with E-state index in [1.165, 1.54) is 18.9 Å². The molecule has 1 amide bonds. The smallest absolute Gasteiger partial charge is 0.251 e. The zero-order chi connectivity index (χ0) is 19.2. The molecule has 0 bridgehead atoms. The molecule has 4 nitrogen and oxygen atoms in total. The summed E-state index contributed by atoms with van der Waals surface area (Å²) in [5.74, 6) is -1.66. The van der Waals surface area contributed by atoms with Gasteiger partial charge in [0, 0.05) is 18.2 Å². The molecule has 2 aromatic carbocycles. The Balaban J connectivity index is 1.53. The van der Waals surface area contributed by atoms with E-state index in [4.69, 9.17) is 4.74 Å². The maximum Gasteiger partial charge on any atom is 0.251 e. The standard InChI is InChI=1S/C21H24F2N2O2/c1-15(14-27-20-8-7-18(22)12-19(20)23)24-21(26)17-6-4-5-16(11-17)13-25-9-2-3-10-25/h4-8,11-12,15H,2-3,9-10,13-14H2,1H3,(H,24,26). The molecule has 0 saturated carbocycles. The summed E-state index contributed by atoms with van der Waals surface area (Å²) in [6.45, 7) is 4.91. The average molecular weight is 374 g/mol. The zero-order valence-corrected chi connectivity index (χ0v) is 15.4. The summed E-state index contributed by atoms with van der Waals surface area (Å²) in [7, 11) is 0. The molecule has 6 heteroatoms. The second kappa shape index (κ2) is 8.95. The lowest BCUT2D eigenvalue weighted by Crippen LogP contribution is -2.36. The Bertz CT molecular complexity index is 792. The fraction of sp³-hybridized carbons (Fsp3) is 0.381. The van der Waals surface area contributed by atoms with E-state index in [2.05, 4.69) is 10.2 Å². The Labute approximate surface area is 158 Å². The summed E-state index contributed by atoms with van der Waals surface area (Å²) >= 11 is 0. The number of nitrogens with zero attached hydrogens (tertiary/aromatic N) is 1. The Hall–Kier alpha value is -2.47. The van der Waals surface area contributed by atoms with Gasteiger partial charge < -0.3 is 10.1 Å². The number of amides is 1. The molecule has 1 atom stereocenters. The Kier molecular flexibility index (Phi) is 6.40. The van der Waals surface area contributed by atoms with Crippen LogP contribution in [-0.4, -0.2) is 36.5 Å². The van der Waals surface area contributed by atoms with Crippen LogP contribution >= 0.6 is 0 Å². The van der Waals surface area contributed by atoms with Crippen LogP contribution in [0.5, 0.6) is 5.75 Å². The molecular weight excluding hydrogens is 350 g/mol. The van der Waals surface area contributed by atoms with E-state index >= 15 is 0 Å². The van der Waals surface area contributed by atoms with Crippen LogP contribution in [0.15, 0.2) is 42.5 Å². The minimum atomic E-state index is -0.761. The first kappa shape index (κ1) is 19.3. The van der Waals surface area contributed by atoms with Crippen molar-refractivity contribution >= 4 is 5.91 Å². The zero-order valence-electron chi connectivity index (χ0n) is 15.4. The number of carbonyl (C=O) groups excluding carboxylic acids is 1. The molecule has 0 aliphatic carbocycles. The fourth-order valence-corrected chi connectivity index (χ4v) is 3.17. The molecule has 144 valence electrons. The van der Waals surface area contributed by atoms with Gasteiger partial charge >= 0.3 is 0 Å². The number of likely N-dealkylation sites (tertiary alicyclic amines) is 1. The van der Waals surface area contributed by atoms with Crippen LogP contribution < -0.4 is 10.1 Å². The van der Waals surface area contributed by atoms with Crippen molar-refractivity contribution in [2.75, 3.05) is 19.7 Å². The van der Waals surface area contributed by atoms with Gasteiger partial charge in [-0.3, -0.25) is 9.69 Å². The molecule has 2 aromatic rings. The van der Waals surface area contributed by atoms with Gasteiger partial charge in [-0.15, -0.1) is 0 Å². The lowest BCUT2D eigenvalue weighted by Gasteiger charge is -2.17. The van der Waals surface area contributed by atoms with Crippen LogP contribution in [0.25, 0.3) is 0 Å². The molecule has 1 N–H and O–H groups in total. The third kappa shape index (κ3) is 5.50. The SMILES string of the molecule is CC(COc1ccc(F)cc1F)NC(=O)c1cccc(CN2CCCC2)c1. The molecule has 0 spiro atoms. The van der Waals surface area contributed by atoms with Crippen molar-refractivity contribution in [1.29, 1.82) is 0 Å². The fourth-order valence-electron chi connectivity index (χ4n) is 3.17. The molecule has 1 aliphatic rings. The van der Waals surface area contributed by atoms with E-state index in [1.807, 2.05) is 18.2 Å². The van der Waals surface area contributed by atoms with Crippen LogP contribution in [0, 0.1) is 11.6 Å². The van der Waals surface area contributed by atoms with E-state index in [9.17, 15) is 13.6 Å². The number of nitrogens with one attached hydrogen (secondary N) is 1. The lowest BCUT2D eigenvalue weighted by atomic mass is 10.1. The van der Waals surface area contributed by atoms with Crippen molar-refractivity contribution < 1.29 is 18.3 Å². The van der Waals surface area contributed by atoms with Gasteiger partial charge in [-0.2, -0.15) is 0 Å². The lowest BCUT2D eigenvalue weighted by molar-refractivity contribution is 0.0926. The number of hydrogen-bond acceptors (Lipinski definition) is 3. The van der Waals surface area contributed by atoms with Crippen molar-refractivity contribution in [3.05, 3.63) is 65.2 Å². The molecule has 3 rings (SSSR count). The van der Waals surface area contributed by atoms with Gasteiger partial charge in [-0.25, -0.2) is 8.78 Å². The van der Waals surface area contributed by atoms with Crippen molar-refractivity contribution in [1.82, 2.24) is 10.2 Å². The summed E-state index contributed by atoms with van der Waals surface area (Å²) in [6.07, 6.45) is 2.46. The number of ether oxygens (including phenoxy) is 1. The molecule has 1 fully saturated rings. The number of rotatable bonds is 7. The van der Waals surface area contributed by atoms with Gasteiger partial charge in [0.2, 0.25) is 0 Å². The van der Waals surface area contributed by atoms with Crippen molar-refractivity contribution in [2.24, 2.45) is 0 Å². The van der Waals surface area contributed by atoms with Gasteiger partial charge in [-0.05, 0) is 62.7 Å². The van der Waals surface area contributed by atoms with E-state index < -0.39 is 11.6 Å². The van der Waals surface area contributed by atoms with Crippen molar-refractivity contribution in [3.63, 3.8) is 0 Å². The number of halogens is 2. The molecule has 0 aromatic heterocycles. The largest absolute Gasteiger partial charge is 0.488 e. The first-order valence-corrected chi connectivity index (χ1v) is 9.21. The van der Waals surface area contributed by atoms with Crippen LogP contribution in [0.1, 0.15) is 35.7 Å². The highest BCUT2D eigenvalue weighted by Gasteiger charge is 2.15. The number of benzene rings is 2. The van der Waals surface area contributed by atoms with Gasteiger partial charge in [0.25, 0.3) is 5.91 Å². The van der Waals surface area contributed by atoms with E-state index in [1.54, 1.807) is 13.0 Å². The topological polar surface area (TPSA) is 41.6 Å². The third-order valence-corrected chi connectivity index (χ3v) is 4.55. The quantitative estimate of drug-likeness (QED) is 0.802. The molecule has 0 radical (unpaired) electrons. The predicted octanol–water partition coefficient (Wildman–Crippen LogP) is 3.76. The Morgan fingerprint density at radius 2 is 1.96 bits per heavy atom. The summed E-state index contributed by atoms with van der Waals surface area (Å²) in [4.78, 5) is 14.8. The third-order valence-electron chi connectivity index (χ3n) is 4.55. The van der Waals surface area contributed by atoms with Crippen molar-refractivity contribution in [2.45, 2.75) is 32.4 Å². The number of hydrogen-bond donors (Lipinski definition) is 1. The maximum absolute atomic E-state index is 13.6. The first-order valence-electron chi connectivity index (χ1n) is 9.21.